The smallest absolute Gasteiger partial charge is 0.326 e. The summed E-state index contributed by atoms with van der Waals surface area (Å²) in [5.41, 5.74) is 40.3. The number of guanidine groups is 2. The van der Waals surface area contributed by atoms with E-state index < -0.39 is 169 Å². The SMILES string of the molecule is CC[C@H](C)[C@H](N)C(=O)N[C@@H](CCCN=C(N)N)C(=O)N[C@@H](CC(C)C)C(=O)N[C@H](C(=O)NCC(=O)N[C@@H](CCC(=O)O)C(=O)N[C@@H](CC(C)C)C(=O)N[C@@H](Cc1ccc(O)cc1)C(=O)N[C@@H](CCCCN)C(=O)N[C@@H](CCCCN)C(=O)N[C@@H](CCCN=C(N)N)C(=O)N[C@@H](CCSC)C(=O)O)[C@@H](C)CC. The zero-order chi connectivity index (χ0) is 80.2. The first-order valence-corrected chi connectivity index (χ1v) is 37.7. The largest absolute Gasteiger partial charge is 0.508 e. The number of carboxylic acids is 2. The number of carboxylic acid groups (broad SMARTS) is 2. The number of phenols is 1. The van der Waals surface area contributed by atoms with Crippen molar-refractivity contribution in [3.05, 3.63) is 29.8 Å². The van der Waals surface area contributed by atoms with Crippen LogP contribution in [0.2, 0.25) is 0 Å². The fourth-order valence-corrected chi connectivity index (χ4v) is 11.2. The summed E-state index contributed by atoms with van der Waals surface area (Å²) in [6, 6.07) is -9.11. The highest BCUT2D eigenvalue weighted by Gasteiger charge is 2.37. The molecule has 600 valence electrons. The molecule has 106 heavy (non-hydrogen) atoms. The Bertz CT molecular complexity index is 3030. The lowest BCUT2D eigenvalue weighted by atomic mass is 9.96. The molecule has 28 N–H and O–H groups in total. The van der Waals surface area contributed by atoms with Crippen LogP contribution in [0.5, 0.6) is 5.75 Å². The molecule has 0 bridgehead atoms. The monoisotopic (exact) mass is 1520 g/mol. The minimum absolute atomic E-state index is 0.00955. The van der Waals surface area contributed by atoms with E-state index in [-0.39, 0.29) is 132 Å². The number of nitrogens with zero attached hydrogens (tertiary/aromatic N) is 2. The van der Waals surface area contributed by atoms with E-state index in [1.807, 2.05) is 6.92 Å². The van der Waals surface area contributed by atoms with E-state index in [1.54, 1.807) is 54.7 Å². The third-order valence-corrected chi connectivity index (χ3v) is 17.9. The number of hydrogen-bond donors (Lipinski definition) is 21. The number of aliphatic carboxylic acids is 2. The summed E-state index contributed by atoms with van der Waals surface area (Å²) >= 11 is 1.37. The average Bonchev–Trinajstić information content (AvgIpc) is 0.848. The van der Waals surface area contributed by atoms with Gasteiger partial charge in [0.25, 0.3) is 0 Å². The van der Waals surface area contributed by atoms with Gasteiger partial charge in [0, 0.05) is 25.9 Å². The van der Waals surface area contributed by atoms with Gasteiger partial charge in [-0.3, -0.25) is 67.5 Å². The molecule has 0 unspecified atom stereocenters. The molecular formula is C69H122N20O16S. The molecule has 1 aromatic rings. The van der Waals surface area contributed by atoms with Crippen LogP contribution in [0.15, 0.2) is 34.3 Å². The van der Waals surface area contributed by atoms with Crippen molar-refractivity contribution in [1.29, 1.82) is 0 Å². The molecule has 1 rings (SSSR count). The molecule has 0 radical (unpaired) electrons. The second kappa shape index (κ2) is 52.0. The molecule has 0 aromatic heterocycles. The standard InChI is InChI=1S/C69H122N20O16S/c1-10-40(7)55(72)65(102)84-47(21-17-32-78-69(75)76)60(97)87-51(35-39(5)6)64(101)89-56(41(8)11-2)66(103)79-37-53(91)80-48(26-27-54(92)93)61(98)86-50(34-38(3)4)62(99)88-52(36-42-22-24-43(90)25-23-42)63(100)83-45(19-13-15-30-71)58(95)81-44(18-12-14-29-70)57(94)82-46(20-16-31-77-68(73)74)59(96)85-49(67(104)105)28-33-106-9/h22-25,38-41,44-52,55-56,90H,10-21,26-37,70-72H2,1-9H3,(H,79,103)(H,80,91)(H,81,95)(H,82,94)(H,83,100)(H,84,102)(H,85,96)(H,86,98)(H,87,97)(H,88,99)(H,89,101)(H,92,93)(H,104,105)(H4,73,74,77)(H4,75,76,78)/t40-,41-,44-,45-,46-,47-,48-,49-,50-,51-,52-,55-,56-/m0/s1. The summed E-state index contributed by atoms with van der Waals surface area (Å²) in [4.78, 5) is 188. The van der Waals surface area contributed by atoms with Gasteiger partial charge in [-0.15, -0.1) is 0 Å². The number of aromatic hydroxyl groups is 1. The molecule has 0 spiro atoms. The molecule has 13 atom stereocenters. The van der Waals surface area contributed by atoms with Gasteiger partial charge in [0.2, 0.25) is 65.0 Å². The van der Waals surface area contributed by atoms with Crippen LogP contribution in [0.4, 0.5) is 0 Å². The Morgan fingerprint density at radius 3 is 1.23 bits per heavy atom. The summed E-state index contributed by atoms with van der Waals surface area (Å²) < 4.78 is 0. The lowest BCUT2D eigenvalue weighted by Crippen LogP contribution is -2.60. The minimum atomic E-state index is -1.65. The third kappa shape index (κ3) is 38.8. The molecule has 0 saturated heterocycles. The van der Waals surface area contributed by atoms with Crippen molar-refractivity contribution < 1.29 is 77.6 Å². The number of nitrogens with two attached hydrogens (primary N) is 7. The van der Waals surface area contributed by atoms with Gasteiger partial charge in [0.15, 0.2) is 11.9 Å². The summed E-state index contributed by atoms with van der Waals surface area (Å²) in [5, 5.41) is 58.7. The molecule has 0 heterocycles. The van der Waals surface area contributed by atoms with Crippen LogP contribution < -0.4 is 98.6 Å². The number of phenolic OH excluding ortho intramolecular Hbond substituents is 1. The molecule has 0 aliphatic heterocycles. The van der Waals surface area contributed by atoms with Crippen LogP contribution in [-0.4, -0.2) is 215 Å². The predicted molar refractivity (Wildman–Crippen MR) is 403 cm³/mol. The predicted octanol–water partition coefficient (Wildman–Crippen LogP) is -2.52. The maximum atomic E-state index is 14.8. The summed E-state index contributed by atoms with van der Waals surface area (Å²) in [5.74, 6) is -13.4. The van der Waals surface area contributed by atoms with Crippen molar-refractivity contribution in [2.45, 2.75) is 237 Å². The second-order valence-corrected chi connectivity index (χ2v) is 28.2. The van der Waals surface area contributed by atoms with E-state index in [9.17, 15) is 77.6 Å². The molecule has 0 aliphatic rings. The van der Waals surface area contributed by atoms with Gasteiger partial charge in [-0.25, -0.2) is 4.79 Å². The van der Waals surface area contributed by atoms with Gasteiger partial charge in [0.1, 0.15) is 66.2 Å². The van der Waals surface area contributed by atoms with Crippen molar-refractivity contribution in [3.8, 4) is 5.75 Å². The summed E-state index contributed by atoms with van der Waals surface area (Å²) in [6.45, 7) is 13.9. The van der Waals surface area contributed by atoms with Crippen LogP contribution in [0.3, 0.4) is 0 Å². The van der Waals surface area contributed by atoms with Gasteiger partial charge in [-0.2, -0.15) is 11.8 Å². The maximum Gasteiger partial charge on any atom is 0.326 e. The van der Waals surface area contributed by atoms with Crippen LogP contribution in [0.1, 0.15) is 170 Å². The van der Waals surface area contributed by atoms with E-state index in [2.05, 4.69) is 68.5 Å². The summed E-state index contributed by atoms with van der Waals surface area (Å²) in [7, 11) is 0. The Kier molecular flexibility index (Phi) is 46.5. The lowest BCUT2D eigenvalue weighted by molar-refractivity contribution is -0.142. The zero-order valence-electron chi connectivity index (χ0n) is 62.9. The number of carbonyl (C=O) groups is 13. The fraction of sp³-hybridized carbons (Fsp3) is 0.696. The molecule has 0 fully saturated rings. The van der Waals surface area contributed by atoms with Crippen molar-refractivity contribution in [2.24, 2.45) is 73.8 Å². The maximum absolute atomic E-state index is 14.8. The second-order valence-electron chi connectivity index (χ2n) is 27.3. The molecule has 0 aliphatic carbocycles. The molecule has 1 aromatic carbocycles. The van der Waals surface area contributed by atoms with E-state index in [4.69, 9.17) is 40.1 Å². The Labute approximate surface area is 625 Å². The molecule has 36 nitrogen and oxygen atoms in total. The van der Waals surface area contributed by atoms with Gasteiger partial charge >= 0.3 is 11.9 Å². The number of aliphatic imine (C=N–C) groups is 2. The molecular weight excluding hydrogens is 1400 g/mol. The van der Waals surface area contributed by atoms with Gasteiger partial charge in [0.05, 0.1) is 12.6 Å². The number of nitrogens with one attached hydrogen (secondary N) is 11. The fourth-order valence-electron chi connectivity index (χ4n) is 10.7. The highest BCUT2D eigenvalue weighted by atomic mass is 32.2. The van der Waals surface area contributed by atoms with E-state index in [0.29, 0.717) is 43.4 Å². The topological polar surface area (TPSA) is 622 Å². The first-order chi connectivity index (χ1) is 50.0. The van der Waals surface area contributed by atoms with Gasteiger partial charge < -0.3 is 114 Å². The zero-order valence-corrected chi connectivity index (χ0v) is 63.7. The Morgan fingerprint density at radius 1 is 0.453 bits per heavy atom. The highest BCUT2D eigenvalue weighted by molar-refractivity contribution is 7.98. The number of carbonyl (C=O) groups excluding carboxylic acids is 11. The van der Waals surface area contributed by atoms with Crippen LogP contribution in [0.25, 0.3) is 0 Å². The van der Waals surface area contributed by atoms with Crippen LogP contribution in [0, 0.1) is 23.7 Å². The van der Waals surface area contributed by atoms with E-state index in [0.717, 1.165) is 0 Å². The number of thioether (sulfide) groups is 1. The van der Waals surface area contributed by atoms with E-state index in [1.165, 1.54) is 36.0 Å². The quantitative estimate of drug-likeness (QED) is 0.0182. The van der Waals surface area contributed by atoms with Crippen molar-refractivity contribution >= 4 is 101 Å². The number of benzene rings is 1. The normalized spacial score (nSPS) is 14.8. The highest BCUT2D eigenvalue weighted by Crippen LogP contribution is 2.17. The number of hydrogen-bond acceptors (Lipinski definition) is 20. The third-order valence-electron chi connectivity index (χ3n) is 17.3. The first-order valence-electron chi connectivity index (χ1n) is 36.3. The molecule has 37 heteroatoms. The Morgan fingerprint density at radius 2 is 0.830 bits per heavy atom. The summed E-state index contributed by atoms with van der Waals surface area (Å²) in [6.07, 6.45) is 3.01. The van der Waals surface area contributed by atoms with Gasteiger partial charge in [-0.05, 0) is 156 Å². The Hall–Kier alpha value is -9.10. The van der Waals surface area contributed by atoms with Crippen LogP contribution >= 0.6 is 11.8 Å². The molecule has 11 amide bonds. The van der Waals surface area contributed by atoms with Crippen molar-refractivity contribution in [2.75, 3.05) is 44.7 Å². The van der Waals surface area contributed by atoms with E-state index >= 15 is 0 Å². The van der Waals surface area contributed by atoms with Crippen molar-refractivity contribution in [3.63, 3.8) is 0 Å². The van der Waals surface area contributed by atoms with Crippen molar-refractivity contribution in [1.82, 2.24) is 58.5 Å². The number of amides is 11. The van der Waals surface area contributed by atoms with Gasteiger partial charge in [-0.1, -0.05) is 80.4 Å². The van der Waals surface area contributed by atoms with Crippen LogP contribution in [-0.2, 0) is 68.7 Å². The number of rotatable bonds is 55. The molecule has 0 saturated carbocycles. The minimum Gasteiger partial charge on any atom is -0.508 e. The lowest BCUT2D eigenvalue weighted by Gasteiger charge is -2.29. The first kappa shape index (κ1) is 94.9. The average molecular weight is 1520 g/mol. The Balaban J connectivity index is 3.69. The number of unbranched alkanes of at least 4 members (excludes halogenated alkanes) is 2.